The first-order chi connectivity index (χ1) is 8.85. The number of aromatic amines is 1. The van der Waals surface area contributed by atoms with E-state index < -0.39 is 0 Å². The number of nitrogens with one attached hydrogen (secondary N) is 2. The molecule has 0 fully saturated rings. The third-order valence-corrected chi connectivity index (χ3v) is 2.72. The minimum atomic E-state index is 0.677. The van der Waals surface area contributed by atoms with E-state index in [2.05, 4.69) is 28.5 Å². The maximum atomic E-state index is 5.52. The summed E-state index contributed by atoms with van der Waals surface area (Å²) in [6, 6.07) is 8.06. The molecule has 0 spiro atoms. The van der Waals surface area contributed by atoms with Crippen LogP contribution in [-0.2, 0) is 6.54 Å². The van der Waals surface area contributed by atoms with Gasteiger partial charge in [0, 0.05) is 17.7 Å². The first kappa shape index (κ1) is 12.6. The minimum absolute atomic E-state index is 0.677. The van der Waals surface area contributed by atoms with Crippen molar-refractivity contribution in [3.05, 3.63) is 36.0 Å². The lowest BCUT2D eigenvalue weighted by Crippen LogP contribution is -2.11. The molecule has 0 unspecified atom stereocenters. The molecule has 1 aromatic carbocycles. The molecule has 0 atom stereocenters. The Labute approximate surface area is 107 Å². The van der Waals surface area contributed by atoms with E-state index in [4.69, 9.17) is 4.74 Å². The van der Waals surface area contributed by atoms with E-state index in [9.17, 15) is 0 Å². The number of hydrogen-bond donors (Lipinski definition) is 2. The molecule has 2 aromatic rings. The van der Waals surface area contributed by atoms with Crippen molar-refractivity contribution in [2.45, 2.75) is 20.4 Å². The minimum Gasteiger partial charge on any atom is -0.494 e. The fourth-order valence-electron chi connectivity index (χ4n) is 1.86. The Balaban J connectivity index is 2.24. The monoisotopic (exact) mass is 245 g/mol. The number of aromatic nitrogens is 2. The molecule has 96 valence electrons. The van der Waals surface area contributed by atoms with Crippen LogP contribution in [0.1, 0.15) is 19.4 Å². The number of rotatable bonds is 6. The Morgan fingerprint density at radius 1 is 1.33 bits per heavy atom. The van der Waals surface area contributed by atoms with E-state index >= 15 is 0 Å². The molecule has 0 radical (unpaired) electrons. The normalized spacial score (nSPS) is 10.6. The van der Waals surface area contributed by atoms with E-state index in [0.29, 0.717) is 6.61 Å². The largest absolute Gasteiger partial charge is 0.494 e. The lowest BCUT2D eigenvalue weighted by atomic mass is 10.1. The third kappa shape index (κ3) is 2.90. The molecule has 2 N–H and O–H groups in total. The molecule has 0 aliphatic carbocycles. The maximum absolute atomic E-state index is 5.52. The number of ether oxygens (including phenoxy) is 1. The van der Waals surface area contributed by atoms with Crippen LogP contribution in [-0.4, -0.2) is 23.3 Å². The van der Waals surface area contributed by atoms with Crippen LogP contribution < -0.4 is 10.1 Å². The van der Waals surface area contributed by atoms with Gasteiger partial charge in [-0.2, -0.15) is 5.10 Å². The number of hydrogen-bond acceptors (Lipinski definition) is 3. The van der Waals surface area contributed by atoms with Gasteiger partial charge in [-0.3, -0.25) is 5.10 Å². The van der Waals surface area contributed by atoms with Crippen molar-refractivity contribution in [2.75, 3.05) is 13.2 Å². The zero-order chi connectivity index (χ0) is 12.8. The highest BCUT2D eigenvalue weighted by Crippen LogP contribution is 2.25. The summed E-state index contributed by atoms with van der Waals surface area (Å²) in [6.07, 6.45) is 1.87. The summed E-state index contributed by atoms with van der Waals surface area (Å²) in [5.41, 5.74) is 3.33. The molecule has 1 heterocycles. The number of nitrogens with zero attached hydrogens (tertiary/aromatic N) is 1. The van der Waals surface area contributed by atoms with Crippen molar-refractivity contribution in [3.63, 3.8) is 0 Å². The van der Waals surface area contributed by atoms with Crippen LogP contribution in [0.5, 0.6) is 5.75 Å². The number of benzene rings is 1. The zero-order valence-corrected chi connectivity index (χ0v) is 10.9. The highest BCUT2D eigenvalue weighted by Gasteiger charge is 2.07. The van der Waals surface area contributed by atoms with Crippen molar-refractivity contribution in [3.8, 4) is 17.0 Å². The van der Waals surface area contributed by atoms with Gasteiger partial charge in [0.05, 0.1) is 18.5 Å². The Morgan fingerprint density at radius 2 is 2.22 bits per heavy atom. The standard InChI is InChI=1S/C14H19N3O/c1-3-15-9-12-10-16-17-14(12)11-6-5-7-13(8-11)18-4-2/h5-8,10,15H,3-4,9H2,1-2H3,(H,16,17). The van der Waals surface area contributed by atoms with Gasteiger partial charge >= 0.3 is 0 Å². The fourth-order valence-corrected chi connectivity index (χ4v) is 1.86. The highest BCUT2D eigenvalue weighted by atomic mass is 16.5. The SMILES string of the molecule is CCNCc1cn[nH]c1-c1cccc(OCC)c1. The third-order valence-electron chi connectivity index (χ3n) is 2.72. The van der Waals surface area contributed by atoms with Crippen LogP contribution in [0.4, 0.5) is 0 Å². The molecular formula is C14H19N3O. The summed E-state index contributed by atoms with van der Waals surface area (Å²) in [5.74, 6) is 0.888. The Hall–Kier alpha value is -1.81. The van der Waals surface area contributed by atoms with E-state index in [1.165, 1.54) is 5.56 Å². The Morgan fingerprint density at radius 3 is 3.00 bits per heavy atom. The average Bonchev–Trinajstić information content (AvgIpc) is 2.85. The molecule has 0 bridgehead atoms. The molecule has 4 nitrogen and oxygen atoms in total. The van der Waals surface area contributed by atoms with Gasteiger partial charge in [0.15, 0.2) is 0 Å². The van der Waals surface area contributed by atoms with E-state index in [1.54, 1.807) is 0 Å². The second-order valence-corrected chi connectivity index (χ2v) is 4.01. The average molecular weight is 245 g/mol. The summed E-state index contributed by atoms with van der Waals surface area (Å²) < 4.78 is 5.52. The van der Waals surface area contributed by atoms with Gasteiger partial charge in [-0.1, -0.05) is 19.1 Å². The summed E-state index contributed by atoms with van der Waals surface area (Å²) in [4.78, 5) is 0. The van der Waals surface area contributed by atoms with Crippen LogP contribution in [0.25, 0.3) is 11.3 Å². The predicted octanol–water partition coefficient (Wildman–Crippen LogP) is 2.58. The first-order valence-electron chi connectivity index (χ1n) is 6.31. The predicted molar refractivity (Wildman–Crippen MR) is 72.6 cm³/mol. The van der Waals surface area contributed by atoms with Gasteiger partial charge in [-0.15, -0.1) is 0 Å². The summed E-state index contributed by atoms with van der Waals surface area (Å²) in [5, 5.41) is 10.5. The topological polar surface area (TPSA) is 49.9 Å². The van der Waals surface area contributed by atoms with Crippen molar-refractivity contribution in [1.82, 2.24) is 15.5 Å². The van der Waals surface area contributed by atoms with Crippen LogP contribution in [0.15, 0.2) is 30.5 Å². The van der Waals surface area contributed by atoms with Crippen molar-refractivity contribution in [1.29, 1.82) is 0 Å². The quantitative estimate of drug-likeness (QED) is 0.822. The van der Waals surface area contributed by atoms with Crippen LogP contribution in [0, 0.1) is 0 Å². The van der Waals surface area contributed by atoms with Gasteiger partial charge in [0.2, 0.25) is 0 Å². The fraction of sp³-hybridized carbons (Fsp3) is 0.357. The highest BCUT2D eigenvalue weighted by molar-refractivity contribution is 5.64. The smallest absolute Gasteiger partial charge is 0.119 e. The Kier molecular flexibility index (Phi) is 4.36. The molecule has 18 heavy (non-hydrogen) atoms. The number of H-pyrrole nitrogens is 1. The lowest BCUT2D eigenvalue weighted by Gasteiger charge is -2.07. The van der Waals surface area contributed by atoms with Gasteiger partial charge in [-0.25, -0.2) is 0 Å². The van der Waals surface area contributed by atoms with E-state index in [1.807, 2.05) is 31.3 Å². The molecule has 0 saturated heterocycles. The molecule has 0 amide bonds. The van der Waals surface area contributed by atoms with E-state index in [-0.39, 0.29) is 0 Å². The summed E-state index contributed by atoms with van der Waals surface area (Å²) in [6.45, 7) is 6.52. The summed E-state index contributed by atoms with van der Waals surface area (Å²) >= 11 is 0. The first-order valence-corrected chi connectivity index (χ1v) is 6.31. The molecule has 0 aliphatic heterocycles. The van der Waals surface area contributed by atoms with Gasteiger partial charge in [0.25, 0.3) is 0 Å². The molecule has 0 aliphatic rings. The van der Waals surface area contributed by atoms with E-state index in [0.717, 1.165) is 30.1 Å². The second-order valence-electron chi connectivity index (χ2n) is 4.01. The second kappa shape index (κ2) is 6.21. The van der Waals surface area contributed by atoms with Gasteiger partial charge in [0.1, 0.15) is 5.75 Å². The van der Waals surface area contributed by atoms with Crippen LogP contribution in [0.2, 0.25) is 0 Å². The maximum Gasteiger partial charge on any atom is 0.119 e. The van der Waals surface area contributed by atoms with Gasteiger partial charge < -0.3 is 10.1 Å². The van der Waals surface area contributed by atoms with Crippen molar-refractivity contribution >= 4 is 0 Å². The Bertz CT molecular complexity index is 493. The molecule has 0 saturated carbocycles. The molecule has 4 heteroatoms. The van der Waals surface area contributed by atoms with Gasteiger partial charge in [-0.05, 0) is 25.6 Å². The molecular weight excluding hydrogens is 226 g/mol. The van der Waals surface area contributed by atoms with Crippen molar-refractivity contribution in [2.24, 2.45) is 0 Å². The summed E-state index contributed by atoms with van der Waals surface area (Å²) in [7, 11) is 0. The van der Waals surface area contributed by atoms with Crippen LogP contribution >= 0.6 is 0 Å². The van der Waals surface area contributed by atoms with Crippen molar-refractivity contribution < 1.29 is 4.74 Å². The molecule has 1 aromatic heterocycles. The lowest BCUT2D eigenvalue weighted by molar-refractivity contribution is 0.340. The molecule has 2 rings (SSSR count). The zero-order valence-electron chi connectivity index (χ0n) is 10.9. The van der Waals surface area contributed by atoms with Crippen LogP contribution in [0.3, 0.4) is 0 Å².